The predicted octanol–water partition coefficient (Wildman–Crippen LogP) is 0.720. The lowest BCUT2D eigenvalue weighted by molar-refractivity contribution is -0.122. The van der Waals surface area contributed by atoms with Gasteiger partial charge in [-0.25, -0.2) is 29.3 Å². The number of carbonyl (C=O) groups excluding carboxylic acids is 1. The van der Waals surface area contributed by atoms with Crippen molar-refractivity contribution in [1.82, 2.24) is 38.6 Å². The normalized spacial score (nSPS) is 15.7. The fourth-order valence-corrected chi connectivity index (χ4v) is 5.34. The minimum absolute atomic E-state index is 0.0143. The van der Waals surface area contributed by atoms with Crippen molar-refractivity contribution < 1.29 is 23.7 Å². The third-order valence-electron chi connectivity index (χ3n) is 7.54. The van der Waals surface area contributed by atoms with Crippen LogP contribution in [0.4, 0.5) is 11.8 Å². The van der Waals surface area contributed by atoms with Crippen LogP contribution in [-0.4, -0.2) is 73.1 Å². The first-order valence-corrected chi connectivity index (χ1v) is 14.8. The van der Waals surface area contributed by atoms with Gasteiger partial charge in [-0.2, -0.15) is 0 Å². The predicted molar refractivity (Wildman–Crippen MR) is 154 cm³/mol. The van der Waals surface area contributed by atoms with E-state index in [1.54, 1.807) is 12.4 Å². The van der Waals surface area contributed by atoms with E-state index >= 15 is 0 Å². The second kappa shape index (κ2) is 11.1. The van der Waals surface area contributed by atoms with Crippen LogP contribution < -0.4 is 21.0 Å². The van der Waals surface area contributed by atoms with Crippen molar-refractivity contribution in [3.05, 3.63) is 52.0 Å². The molecule has 0 bridgehead atoms. The third kappa shape index (κ3) is 5.71. The van der Waals surface area contributed by atoms with Gasteiger partial charge in [-0.15, -0.1) is 0 Å². The fourth-order valence-electron chi connectivity index (χ4n) is 5.07. The van der Waals surface area contributed by atoms with E-state index < -0.39 is 37.8 Å². The smallest absolute Gasteiger partial charge is 0.336 e. The molecule has 1 aliphatic rings. The number of carbonyl (C=O) groups is 1. The molecule has 43 heavy (non-hydrogen) atoms. The Labute approximate surface area is 244 Å². The van der Waals surface area contributed by atoms with Gasteiger partial charge < -0.3 is 19.3 Å². The number of phosphoric ester groups is 1. The van der Waals surface area contributed by atoms with Gasteiger partial charge in [0.2, 0.25) is 5.95 Å². The number of rotatable bonds is 8. The summed E-state index contributed by atoms with van der Waals surface area (Å²) >= 11 is 0. The molecule has 0 unspecified atom stereocenters. The summed E-state index contributed by atoms with van der Waals surface area (Å²) < 4.78 is 19.6. The summed E-state index contributed by atoms with van der Waals surface area (Å²) in [5.41, 5.74) is -0.493. The zero-order valence-electron chi connectivity index (χ0n) is 24.1. The van der Waals surface area contributed by atoms with E-state index in [1.807, 2.05) is 0 Å². The van der Waals surface area contributed by atoms with Crippen LogP contribution in [0.5, 0.6) is 0 Å². The van der Waals surface area contributed by atoms with Gasteiger partial charge in [-0.3, -0.25) is 33.1 Å². The Hall–Kier alpha value is -4.31. The van der Waals surface area contributed by atoms with Gasteiger partial charge in [0.15, 0.2) is 17.0 Å². The summed E-state index contributed by atoms with van der Waals surface area (Å²) in [7, 11) is -2.26. The molecule has 5 heterocycles. The molecule has 0 radical (unpaired) electrons. The second-order valence-corrected chi connectivity index (χ2v) is 12.1. The van der Waals surface area contributed by atoms with E-state index in [-0.39, 0.29) is 22.5 Å². The monoisotopic (exact) mass is 614 g/mol. The lowest BCUT2D eigenvalue weighted by Crippen LogP contribution is -2.40. The maximum atomic E-state index is 13.8. The SMILES string of the molecule is C[C@@H](C(=O)N(COP(=O)(O)O)c1cncc(-c2cnc(N3CCCC3(C)C)nc2)n1)n1cnc2c1c(=O)n(C)c(=O)n2C. The Kier molecular flexibility index (Phi) is 7.77. The Morgan fingerprint density at radius 2 is 1.81 bits per heavy atom. The molecule has 1 fully saturated rings. The van der Waals surface area contributed by atoms with E-state index in [0.717, 1.165) is 28.9 Å². The molecule has 2 N–H and O–H groups in total. The summed E-state index contributed by atoms with van der Waals surface area (Å²) in [6.07, 6.45) is 9.13. The Morgan fingerprint density at radius 1 is 1.12 bits per heavy atom. The number of amides is 1. The van der Waals surface area contributed by atoms with Crippen LogP contribution in [0.15, 0.2) is 40.7 Å². The van der Waals surface area contributed by atoms with Crippen LogP contribution in [0.3, 0.4) is 0 Å². The molecule has 0 spiro atoms. The van der Waals surface area contributed by atoms with Gasteiger partial charge in [0, 0.05) is 44.1 Å². The minimum atomic E-state index is -5.01. The number of aryl methyl sites for hydroxylation is 1. The molecule has 0 aliphatic carbocycles. The van der Waals surface area contributed by atoms with Gasteiger partial charge in [0.25, 0.3) is 11.5 Å². The first-order valence-electron chi connectivity index (χ1n) is 13.3. The van der Waals surface area contributed by atoms with E-state index in [2.05, 4.69) is 48.2 Å². The van der Waals surface area contributed by atoms with E-state index in [4.69, 9.17) is 0 Å². The topological polar surface area (TPSA) is 204 Å². The molecule has 0 aromatic carbocycles. The Morgan fingerprint density at radius 3 is 2.44 bits per heavy atom. The first-order chi connectivity index (χ1) is 20.2. The molecule has 1 atom stereocenters. The number of phosphoric acid groups is 1. The quantitative estimate of drug-likeness (QED) is 0.208. The summed E-state index contributed by atoms with van der Waals surface area (Å²) in [4.78, 5) is 82.7. The standard InChI is InChI=1S/C25H31N10O7P/c1-15(33-13-29-20-19(33)22(37)32(5)24(38)31(20)4)21(36)34(14-42-43(39,40)41)18-12-26-11-17(30-18)16-9-27-23(28-10-16)35-8-6-7-25(35,2)3/h9-13,15H,6-8,14H2,1-5H3,(H2,39,40,41)/t15-/m0/s1. The lowest BCUT2D eigenvalue weighted by atomic mass is 10.0. The molecule has 1 saturated heterocycles. The molecule has 1 amide bonds. The zero-order chi connectivity index (χ0) is 31.3. The highest BCUT2D eigenvalue weighted by atomic mass is 31.2. The fraction of sp³-hybridized carbons (Fsp3) is 0.440. The minimum Gasteiger partial charge on any atom is -0.336 e. The zero-order valence-corrected chi connectivity index (χ0v) is 25.0. The molecule has 5 rings (SSSR count). The molecule has 18 heteroatoms. The molecule has 4 aromatic rings. The van der Waals surface area contributed by atoms with Crippen LogP contribution >= 0.6 is 7.82 Å². The number of hydrogen-bond acceptors (Lipinski definition) is 11. The summed E-state index contributed by atoms with van der Waals surface area (Å²) in [5, 5.41) is 0. The van der Waals surface area contributed by atoms with Crippen LogP contribution in [0.1, 0.15) is 39.7 Å². The summed E-state index contributed by atoms with van der Waals surface area (Å²) in [5.74, 6) is -0.262. The number of hydrogen-bond donors (Lipinski definition) is 2. The van der Waals surface area contributed by atoms with Gasteiger partial charge in [-0.1, -0.05) is 0 Å². The van der Waals surface area contributed by atoms with Crippen molar-refractivity contribution in [3.63, 3.8) is 0 Å². The molecule has 17 nitrogen and oxygen atoms in total. The van der Waals surface area contributed by atoms with Gasteiger partial charge in [0.05, 0.1) is 24.4 Å². The Balaban J connectivity index is 1.50. The van der Waals surface area contributed by atoms with E-state index in [0.29, 0.717) is 17.2 Å². The van der Waals surface area contributed by atoms with Crippen LogP contribution in [0, 0.1) is 0 Å². The number of fused-ring (bicyclic) bond motifs is 1. The van der Waals surface area contributed by atoms with Crippen LogP contribution in [0.2, 0.25) is 0 Å². The van der Waals surface area contributed by atoms with E-state index in [1.165, 1.54) is 48.9 Å². The number of nitrogens with zero attached hydrogens (tertiary/aromatic N) is 10. The lowest BCUT2D eigenvalue weighted by Gasteiger charge is -2.31. The summed E-state index contributed by atoms with van der Waals surface area (Å²) in [6.45, 7) is 5.68. The highest BCUT2D eigenvalue weighted by molar-refractivity contribution is 7.46. The van der Waals surface area contributed by atoms with Gasteiger partial charge >= 0.3 is 13.5 Å². The van der Waals surface area contributed by atoms with Crippen LogP contribution in [0.25, 0.3) is 22.4 Å². The van der Waals surface area contributed by atoms with Crippen molar-refractivity contribution in [2.45, 2.75) is 45.2 Å². The third-order valence-corrected chi connectivity index (χ3v) is 8.00. The van der Waals surface area contributed by atoms with Gasteiger partial charge in [0.1, 0.15) is 12.8 Å². The highest BCUT2D eigenvalue weighted by Gasteiger charge is 2.34. The molecular formula is C25H31N10O7P. The van der Waals surface area contributed by atoms with Crippen molar-refractivity contribution in [2.24, 2.45) is 14.1 Å². The number of anilines is 2. The molecule has 4 aromatic heterocycles. The first kappa shape index (κ1) is 30.2. The number of aromatic nitrogens is 8. The maximum Gasteiger partial charge on any atom is 0.471 e. The Bertz CT molecular complexity index is 1860. The molecule has 228 valence electrons. The van der Waals surface area contributed by atoms with Crippen LogP contribution in [-0.2, 0) is 28.0 Å². The highest BCUT2D eigenvalue weighted by Crippen LogP contribution is 2.37. The number of imidazole rings is 1. The van der Waals surface area contributed by atoms with Crippen molar-refractivity contribution >= 4 is 36.7 Å². The van der Waals surface area contributed by atoms with Crippen molar-refractivity contribution in [2.75, 3.05) is 23.1 Å². The molecule has 1 aliphatic heterocycles. The average Bonchev–Trinajstić information content (AvgIpc) is 3.57. The maximum absolute atomic E-state index is 13.8. The summed E-state index contributed by atoms with van der Waals surface area (Å²) in [6, 6.07) is -1.15. The second-order valence-electron chi connectivity index (χ2n) is 10.8. The molecule has 0 saturated carbocycles. The van der Waals surface area contributed by atoms with E-state index in [9.17, 15) is 28.7 Å². The van der Waals surface area contributed by atoms with Crippen molar-refractivity contribution in [1.29, 1.82) is 0 Å². The molecular weight excluding hydrogens is 583 g/mol. The average molecular weight is 615 g/mol. The van der Waals surface area contributed by atoms with Crippen molar-refractivity contribution in [3.8, 4) is 11.3 Å². The van der Waals surface area contributed by atoms with Gasteiger partial charge in [-0.05, 0) is 33.6 Å². The largest absolute Gasteiger partial charge is 0.471 e.